The van der Waals surface area contributed by atoms with Gasteiger partial charge in [-0.05, 0) is 42.3 Å². The molecule has 0 radical (unpaired) electrons. The maximum absolute atomic E-state index is 12.5. The van der Waals surface area contributed by atoms with Crippen LogP contribution >= 0.6 is 11.6 Å². The van der Waals surface area contributed by atoms with Crippen molar-refractivity contribution < 1.29 is 19.5 Å². The summed E-state index contributed by atoms with van der Waals surface area (Å²) in [5.74, 6) is -2.21. The molecule has 2 aromatic carbocycles. The van der Waals surface area contributed by atoms with Gasteiger partial charge in [0.25, 0.3) is 0 Å². The summed E-state index contributed by atoms with van der Waals surface area (Å²) >= 11 is 6.12. The minimum atomic E-state index is -1.28. The lowest BCUT2D eigenvalue weighted by atomic mass is 10.1. The molecule has 7 heteroatoms. The van der Waals surface area contributed by atoms with Crippen LogP contribution in [0.4, 0.5) is 11.4 Å². The summed E-state index contributed by atoms with van der Waals surface area (Å²) in [4.78, 5) is 37.1. The molecule has 2 aromatic rings. The van der Waals surface area contributed by atoms with E-state index in [0.717, 1.165) is 5.56 Å². The number of benzene rings is 2. The van der Waals surface area contributed by atoms with Crippen LogP contribution in [0.2, 0.25) is 5.02 Å². The Labute approximate surface area is 155 Å². The molecule has 1 heterocycles. The van der Waals surface area contributed by atoms with Crippen molar-refractivity contribution in [1.29, 1.82) is 0 Å². The fourth-order valence-corrected chi connectivity index (χ4v) is 3.11. The third-order valence-corrected chi connectivity index (χ3v) is 4.82. The van der Waals surface area contributed by atoms with Crippen LogP contribution in [-0.2, 0) is 9.59 Å². The number of hydrogen-bond donors (Lipinski definition) is 1. The van der Waals surface area contributed by atoms with Gasteiger partial charge in [0.15, 0.2) is 0 Å². The number of carboxylic acids is 1. The molecule has 0 saturated carbocycles. The predicted octanol–water partition coefficient (Wildman–Crippen LogP) is 2.00. The van der Waals surface area contributed by atoms with Gasteiger partial charge in [-0.15, -0.1) is 0 Å². The Bertz CT molecular complexity index is 880. The lowest BCUT2D eigenvalue weighted by Gasteiger charge is -2.19. The average Bonchev–Trinajstić information content (AvgIpc) is 2.99. The molecule has 1 atom stereocenters. The zero-order valence-corrected chi connectivity index (χ0v) is 14.7. The molecule has 1 fully saturated rings. The van der Waals surface area contributed by atoms with Gasteiger partial charge in [0.2, 0.25) is 11.8 Å². The Balaban J connectivity index is 1.71. The Kier molecular flexibility index (Phi) is 4.95. The second-order valence-electron chi connectivity index (χ2n) is 6.14. The minimum Gasteiger partial charge on any atom is -0.545 e. The Morgan fingerprint density at radius 2 is 1.88 bits per heavy atom. The number of hydrogen-bond acceptors (Lipinski definition) is 4. The van der Waals surface area contributed by atoms with Crippen LogP contribution in [0, 0.1) is 12.8 Å². The zero-order valence-electron chi connectivity index (χ0n) is 14.0. The number of aromatic carboxylic acids is 1. The quantitative estimate of drug-likeness (QED) is 0.890. The predicted molar refractivity (Wildman–Crippen MR) is 96.1 cm³/mol. The summed E-state index contributed by atoms with van der Waals surface area (Å²) in [5, 5.41) is 14.0. The van der Waals surface area contributed by atoms with Crippen molar-refractivity contribution in [3.05, 3.63) is 58.6 Å². The van der Waals surface area contributed by atoms with E-state index in [-0.39, 0.29) is 30.3 Å². The van der Waals surface area contributed by atoms with Gasteiger partial charge in [0.1, 0.15) is 0 Å². The van der Waals surface area contributed by atoms with Gasteiger partial charge in [-0.3, -0.25) is 9.59 Å². The van der Waals surface area contributed by atoms with E-state index in [9.17, 15) is 19.5 Å². The van der Waals surface area contributed by atoms with Crippen molar-refractivity contribution in [1.82, 2.24) is 0 Å². The molecular weight excluding hydrogens is 356 g/mol. The van der Waals surface area contributed by atoms with Gasteiger partial charge in [-0.2, -0.15) is 0 Å². The lowest BCUT2D eigenvalue weighted by Crippen LogP contribution is -2.28. The first-order valence-corrected chi connectivity index (χ1v) is 8.42. The summed E-state index contributed by atoms with van der Waals surface area (Å²) in [6, 6.07) is 11.0. The number of carbonyl (C=O) groups excluding carboxylic acids is 3. The Morgan fingerprint density at radius 1 is 1.19 bits per heavy atom. The van der Waals surface area contributed by atoms with E-state index >= 15 is 0 Å². The van der Waals surface area contributed by atoms with E-state index in [0.29, 0.717) is 16.4 Å². The summed E-state index contributed by atoms with van der Waals surface area (Å²) in [6.07, 6.45) is 0.106. The largest absolute Gasteiger partial charge is 0.545 e. The molecule has 1 saturated heterocycles. The third kappa shape index (κ3) is 3.55. The van der Waals surface area contributed by atoms with Crippen LogP contribution in [0.15, 0.2) is 42.5 Å². The van der Waals surface area contributed by atoms with Crippen LogP contribution in [-0.4, -0.2) is 24.3 Å². The SMILES string of the molecule is Cc1c(Cl)cccc1N1C[C@@H](C(=O)Nc2ccc(C(=O)[O-])cc2)CC1=O. The van der Waals surface area contributed by atoms with Gasteiger partial charge < -0.3 is 20.1 Å². The summed E-state index contributed by atoms with van der Waals surface area (Å²) < 4.78 is 0. The molecule has 1 aliphatic heterocycles. The normalized spacial score (nSPS) is 16.6. The van der Waals surface area contributed by atoms with Crippen molar-refractivity contribution in [2.24, 2.45) is 5.92 Å². The number of carbonyl (C=O) groups is 3. The van der Waals surface area contributed by atoms with Crippen molar-refractivity contribution in [2.75, 3.05) is 16.8 Å². The molecule has 2 amide bonds. The molecule has 134 valence electrons. The number of amides is 2. The maximum atomic E-state index is 12.5. The van der Waals surface area contributed by atoms with Crippen molar-refractivity contribution in [2.45, 2.75) is 13.3 Å². The van der Waals surface area contributed by atoms with Crippen LogP contribution in [0.25, 0.3) is 0 Å². The Morgan fingerprint density at radius 3 is 2.54 bits per heavy atom. The number of nitrogens with one attached hydrogen (secondary N) is 1. The summed E-state index contributed by atoms with van der Waals surface area (Å²) in [5.41, 5.74) is 1.99. The highest BCUT2D eigenvalue weighted by Crippen LogP contribution is 2.31. The lowest BCUT2D eigenvalue weighted by molar-refractivity contribution is -0.255. The van der Waals surface area contributed by atoms with Crippen LogP contribution in [0.3, 0.4) is 0 Å². The molecule has 26 heavy (non-hydrogen) atoms. The van der Waals surface area contributed by atoms with Gasteiger partial charge in [0.05, 0.1) is 11.9 Å². The van der Waals surface area contributed by atoms with E-state index in [1.165, 1.54) is 24.3 Å². The number of anilines is 2. The standard InChI is InChI=1S/C19H17ClN2O4/c1-11-15(20)3-2-4-16(11)22-10-13(9-17(22)23)18(24)21-14-7-5-12(6-8-14)19(25)26/h2-8,13H,9-10H2,1H3,(H,21,24)(H,25,26)/p-1/t13-/m0/s1. The highest BCUT2D eigenvalue weighted by Gasteiger charge is 2.35. The number of halogens is 1. The van der Waals surface area contributed by atoms with E-state index in [1.807, 2.05) is 6.92 Å². The minimum absolute atomic E-state index is 0.0293. The first kappa shape index (κ1) is 17.9. The van der Waals surface area contributed by atoms with Gasteiger partial charge in [0, 0.05) is 29.4 Å². The van der Waals surface area contributed by atoms with Gasteiger partial charge in [-0.1, -0.05) is 29.8 Å². The monoisotopic (exact) mass is 371 g/mol. The zero-order chi connectivity index (χ0) is 18.8. The number of carboxylic acid groups (broad SMARTS) is 1. The fraction of sp³-hybridized carbons (Fsp3) is 0.211. The summed E-state index contributed by atoms with van der Waals surface area (Å²) in [7, 11) is 0. The van der Waals surface area contributed by atoms with Gasteiger partial charge in [-0.25, -0.2) is 0 Å². The van der Waals surface area contributed by atoms with Crippen molar-refractivity contribution >= 4 is 40.8 Å². The van der Waals surface area contributed by atoms with E-state index < -0.39 is 11.9 Å². The van der Waals surface area contributed by atoms with E-state index in [1.54, 1.807) is 23.1 Å². The Hall–Kier alpha value is -2.86. The molecular formula is C19H16ClN2O4-. The second-order valence-corrected chi connectivity index (χ2v) is 6.55. The molecule has 0 aliphatic carbocycles. The van der Waals surface area contributed by atoms with Crippen LogP contribution in [0.5, 0.6) is 0 Å². The molecule has 0 bridgehead atoms. The first-order chi connectivity index (χ1) is 12.4. The second kappa shape index (κ2) is 7.17. The van der Waals surface area contributed by atoms with Gasteiger partial charge >= 0.3 is 0 Å². The first-order valence-electron chi connectivity index (χ1n) is 8.04. The van der Waals surface area contributed by atoms with Crippen LogP contribution < -0.4 is 15.3 Å². The molecule has 6 nitrogen and oxygen atoms in total. The van der Waals surface area contributed by atoms with E-state index in [4.69, 9.17) is 11.6 Å². The van der Waals surface area contributed by atoms with Crippen molar-refractivity contribution in [3.63, 3.8) is 0 Å². The van der Waals surface area contributed by atoms with Crippen molar-refractivity contribution in [3.8, 4) is 0 Å². The molecule has 3 rings (SSSR count). The molecule has 1 aliphatic rings. The molecule has 0 spiro atoms. The molecule has 0 unspecified atom stereocenters. The maximum Gasteiger partial charge on any atom is 0.229 e. The average molecular weight is 372 g/mol. The molecule has 0 aromatic heterocycles. The smallest absolute Gasteiger partial charge is 0.229 e. The highest BCUT2D eigenvalue weighted by molar-refractivity contribution is 6.31. The molecule has 1 N–H and O–H groups in total. The fourth-order valence-electron chi connectivity index (χ4n) is 2.94. The number of rotatable bonds is 4. The van der Waals surface area contributed by atoms with Crippen LogP contribution in [0.1, 0.15) is 22.3 Å². The topological polar surface area (TPSA) is 89.5 Å². The third-order valence-electron chi connectivity index (χ3n) is 4.41. The summed E-state index contributed by atoms with van der Waals surface area (Å²) in [6.45, 7) is 2.10. The number of nitrogens with zero attached hydrogens (tertiary/aromatic N) is 1. The van der Waals surface area contributed by atoms with E-state index in [2.05, 4.69) is 5.32 Å². The highest BCUT2D eigenvalue weighted by atomic mass is 35.5.